The normalized spacial score (nSPS) is 26.4. The largest absolute Gasteiger partial charge is 0.506 e. The molecule has 0 radical (unpaired) electrons. The maximum atomic E-state index is 12.4. The molecule has 1 spiro atoms. The number of likely N-dealkylation sites (tertiary alicyclic amines) is 1. The number of fused-ring (bicyclic) bond motifs is 2. The van der Waals surface area contributed by atoms with Crippen molar-refractivity contribution in [1.82, 2.24) is 4.90 Å². The Balaban J connectivity index is 1.84. The van der Waals surface area contributed by atoms with Gasteiger partial charge in [-0.2, -0.15) is 0 Å². The smallest absolute Gasteiger partial charge is 0.410 e. The van der Waals surface area contributed by atoms with Crippen LogP contribution in [0.15, 0.2) is 12.1 Å². The molecule has 2 aliphatic heterocycles. The van der Waals surface area contributed by atoms with E-state index >= 15 is 0 Å². The molecule has 1 fully saturated rings. The van der Waals surface area contributed by atoms with E-state index < -0.39 is 11.2 Å². The SMILES string of the molecule is C[C@H]1C[C@@]2(CCN1C(=O)OC(C)(C)C)OCCc1cc(O)c(Cl)cc12. The van der Waals surface area contributed by atoms with Crippen molar-refractivity contribution in [3.63, 3.8) is 0 Å². The number of hydrogen-bond acceptors (Lipinski definition) is 4. The molecule has 1 N–H and O–H groups in total. The molecule has 0 aliphatic carbocycles. The molecule has 6 heteroatoms. The van der Waals surface area contributed by atoms with Gasteiger partial charge in [0, 0.05) is 19.0 Å². The summed E-state index contributed by atoms with van der Waals surface area (Å²) in [4.78, 5) is 14.2. The second kappa shape index (κ2) is 6.36. The minimum Gasteiger partial charge on any atom is -0.506 e. The number of phenols is 1. The van der Waals surface area contributed by atoms with Crippen LogP contribution in [0.25, 0.3) is 0 Å². The number of phenolic OH excluding ortho intramolecular Hbond substituents is 1. The lowest BCUT2D eigenvalue weighted by atomic mass is 9.77. The zero-order valence-electron chi connectivity index (χ0n) is 15.3. The first-order valence-corrected chi connectivity index (χ1v) is 9.14. The molecular weight excluding hydrogens is 342 g/mol. The Kier molecular flexibility index (Phi) is 4.67. The number of rotatable bonds is 0. The maximum absolute atomic E-state index is 12.4. The summed E-state index contributed by atoms with van der Waals surface area (Å²) in [6.07, 6.45) is 1.84. The van der Waals surface area contributed by atoms with Gasteiger partial charge < -0.3 is 19.5 Å². The second-order valence-corrected chi connectivity index (χ2v) is 8.44. The van der Waals surface area contributed by atoms with Crippen LogP contribution in [-0.4, -0.2) is 40.9 Å². The van der Waals surface area contributed by atoms with Gasteiger partial charge >= 0.3 is 6.09 Å². The highest BCUT2D eigenvalue weighted by molar-refractivity contribution is 6.32. The van der Waals surface area contributed by atoms with Crippen LogP contribution in [0.2, 0.25) is 5.02 Å². The fraction of sp³-hybridized carbons (Fsp3) is 0.632. The Morgan fingerprint density at radius 1 is 1.44 bits per heavy atom. The van der Waals surface area contributed by atoms with Gasteiger partial charge in [0.2, 0.25) is 0 Å². The third kappa shape index (κ3) is 3.58. The minimum atomic E-state index is -0.509. The summed E-state index contributed by atoms with van der Waals surface area (Å²) in [7, 11) is 0. The van der Waals surface area contributed by atoms with E-state index in [2.05, 4.69) is 0 Å². The Morgan fingerprint density at radius 3 is 2.80 bits per heavy atom. The van der Waals surface area contributed by atoms with Crippen molar-refractivity contribution in [3.8, 4) is 5.75 Å². The molecule has 2 atom stereocenters. The number of carbonyl (C=O) groups excluding carboxylic acids is 1. The summed E-state index contributed by atoms with van der Waals surface area (Å²) in [6.45, 7) is 8.80. The van der Waals surface area contributed by atoms with Gasteiger partial charge in [0.1, 0.15) is 11.4 Å². The zero-order chi connectivity index (χ0) is 18.4. The first-order valence-electron chi connectivity index (χ1n) is 8.77. The standard InChI is InChI=1S/C19H26ClNO4/c1-12-11-19(6-7-21(12)17(23)25-18(2,3)4)14-10-15(20)16(22)9-13(14)5-8-24-19/h9-10,12,22H,5-8,11H2,1-4H3/t12-,19+/m0/s1. The second-order valence-electron chi connectivity index (χ2n) is 8.03. The number of amides is 1. The summed E-state index contributed by atoms with van der Waals surface area (Å²) >= 11 is 6.15. The van der Waals surface area contributed by atoms with Crippen LogP contribution >= 0.6 is 11.6 Å². The van der Waals surface area contributed by atoms with Gasteiger partial charge in [0.15, 0.2) is 0 Å². The molecule has 1 saturated heterocycles. The molecule has 5 nitrogen and oxygen atoms in total. The van der Waals surface area contributed by atoms with Crippen molar-refractivity contribution in [2.45, 2.75) is 64.2 Å². The van der Waals surface area contributed by atoms with E-state index in [1.807, 2.05) is 33.8 Å². The van der Waals surface area contributed by atoms with Crippen LogP contribution in [0.5, 0.6) is 5.75 Å². The average molecular weight is 368 g/mol. The first-order chi connectivity index (χ1) is 11.6. The van der Waals surface area contributed by atoms with Crippen molar-refractivity contribution >= 4 is 17.7 Å². The summed E-state index contributed by atoms with van der Waals surface area (Å²) in [6, 6.07) is 3.55. The molecule has 2 aliphatic rings. The Labute approximate surface area is 153 Å². The molecular formula is C19H26ClNO4. The van der Waals surface area contributed by atoms with Crippen LogP contribution in [0.4, 0.5) is 4.79 Å². The quantitative estimate of drug-likeness (QED) is 0.745. The fourth-order valence-corrected chi connectivity index (χ4v) is 4.01. The van der Waals surface area contributed by atoms with Crippen LogP contribution in [0.1, 0.15) is 51.7 Å². The predicted molar refractivity (Wildman–Crippen MR) is 96.1 cm³/mol. The van der Waals surface area contributed by atoms with Crippen LogP contribution in [0.3, 0.4) is 0 Å². The van der Waals surface area contributed by atoms with Gasteiger partial charge in [0.25, 0.3) is 0 Å². The molecule has 138 valence electrons. The summed E-state index contributed by atoms with van der Waals surface area (Å²) in [5.74, 6) is 0.108. The molecule has 2 heterocycles. The number of hydrogen-bond donors (Lipinski definition) is 1. The lowest BCUT2D eigenvalue weighted by Crippen LogP contribution is -2.53. The monoisotopic (exact) mass is 367 g/mol. The molecule has 1 aromatic carbocycles. The predicted octanol–water partition coefficient (Wildman–Crippen LogP) is 4.23. The van der Waals surface area contributed by atoms with E-state index in [0.717, 1.165) is 17.5 Å². The van der Waals surface area contributed by atoms with Crippen LogP contribution in [-0.2, 0) is 21.5 Å². The van der Waals surface area contributed by atoms with E-state index in [1.165, 1.54) is 0 Å². The average Bonchev–Trinajstić information content (AvgIpc) is 2.48. The number of piperidine rings is 1. The van der Waals surface area contributed by atoms with E-state index in [1.54, 1.807) is 11.0 Å². The molecule has 0 bridgehead atoms. The van der Waals surface area contributed by atoms with Crippen molar-refractivity contribution in [2.24, 2.45) is 0 Å². The summed E-state index contributed by atoms with van der Waals surface area (Å²) in [5.41, 5.74) is 1.15. The van der Waals surface area contributed by atoms with Gasteiger partial charge in [-0.1, -0.05) is 11.6 Å². The van der Waals surface area contributed by atoms with Gasteiger partial charge in [-0.3, -0.25) is 0 Å². The number of benzene rings is 1. The van der Waals surface area contributed by atoms with E-state index in [4.69, 9.17) is 21.1 Å². The van der Waals surface area contributed by atoms with E-state index in [-0.39, 0.29) is 17.9 Å². The fourth-order valence-electron chi connectivity index (χ4n) is 3.85. The van der Waals surface area contributed by atoms with Crippen LogP contribution < -0.4 is 0 Å². The maximum Gasteiger partial charge on any atom is 0.410 e. The highest BCUT2D eigenvalue weighted by Gasteiger charge is 2.45. The first kappa shape index (κ1) is 18.3. The Bertz CT molecular complexity index is 685. The molecule has 1 amide bonds. The minimum absolute atomic E-state index is 0.0119. The number of carbonyl (C=O) groups is 1. The molecule has 25 heavy (non-hydrogen) atoms. The lowest BCUT2D eigenvalue weighted by molar-refractivity contribution is -0.110. The Hall–Kier alpha value is -1.46. The summed E-state index contributed by atoms with van der Waals surface area (Å²) in [5, 5.41) is 10.2. The van der Waals surface area contributed by atoms with E-state index in [9.17, 15) is 9.90 Å². The van der Waals surface area contributed by atoms with Crippen LogP contribution in [0, 0.1) is 0 Å². The summed E-state index contributed by atoms with van der Waals surface area (Å²) < 4.78 is 11.7. The highest BCUT2D eigenvalue weighted by atomic mass is 35.5. The number of ether oxygens (including phenoxy) is 2. The molecule has 0 aromatic heterocycles. The third-order valence-corrected chi connectivity index (χ3v) is 5.26. The van der Waals surface area contributed by atoms with E-state index in [0.29, 0.717) is 31.0 Å². The molecule has 3 rings (SSSR count). The third-order valence-electron chi connectivity index (χ3n) is 4.96. The molecule has 1 aromatic rings. The molecule has 0 saturated carbocycles. The van der Waals surface area contributed by atoms with Gasteiger partial charge in [0.05, 0.1) is 17.2 Å². The van der Waals surface area contributed by atoms with Crippen molar-refractivity contribution < 1.29 is 19.4 Å². The van der Waals surface area contributed by atoms with Crippen molar-refractivity contribution in [3.05, 3.63) is 28.3 Å². The van der Waals surface area contributed by atoms with Gasteiger partial charge in [-0.25, -0.2) is 4.79 Å². The van der Waals surface area contributed by atoms with Crippen molar-refractivity contribution in [2.75, 3.05) is 13.2 Å². The van der Waals surface area contributed by atoms with Crippen molar-refractivity contribution in [1.29, 1.82) is 0 Å². The van der Waals surface area contributed by atoms with Gasteiger partial charge in [-0.05, 0) is 63.8 Å². The number of nitrogens with zero attached hydrogens (tertiary/aromatic N) is 1. The topological polar surface area (TPSA) is 59.0 Å². The Morgan fingerprint density at radius 2 is 2.16 bits per heavy atom. The highest BCUT2D eigenvalue weighted by Crippen LogP contribution is 2.46. The lowest BCUT2D eigenvalue weighted by Gasteiger charge is -2.48. The molecule has 0 unspecified atom stereocenters. The van der Waals surface area contributed by atoms with Gasteiger partial charge in [-0.15, -0.1) is 0 Å². The zero-order valence-corrected chi connectivity index (χ0v) is 16.0. The number of aromatic hydroxyl groups is 1. The number of halogens is 1.